The summed E-state index contributed by atoms with van der Waals surface area (Å²) in [5, 5.41) is 15.3. The van der Waals surface area contributed by atoms with Crippen molar-refractivity contribution < 1.29 is 9.72 Å². The van der Waals surface area contributed by atoms with E-state index in [1.54, 1.807) is 24.5 Å². The Hall–Kier alpha value is -4.00. The van der Waals surface area contributed by atoms with E-state index >= 15 is 0 Å². The second kappa shape index (κ2) is 9.43. The predicted molar refractivity (Wildman–Crippen MR) is 123 cm³/mol. The number of nitro groups is 1. The molecular weight excluding hydrogens is 404 g/mol. The molecule has 0 fully saturated rings. The lowest BCUT2D eigenvalue weighted by Gasteiger charge is -2.17. The van der Waals surface area contributed by atoms with E-state index in [9.17, 15) is 14.9 Å². The minimum Gasteiger partial charge on any atom is -0.361 e. The van der Waals surface area contributed by atoms with Crippen molar-refractivity contribution in [2.45, 2.75) is 32.2 Å². The van der Waals surface area contributed by atoms with Gasteiger partial charge in [-0.2, -0.15) is 0 Å². The number of hydrogen-bond acceptors (Lipinski definition) is 4. The van der Waals surface area contributed by atoms with Crippen molar-refractivity contribution in [1.29, 1.82) is 0 Å². The van der Waals surface area contributed by atoms with Crippen molar-refractivity contribution >= 4 is 22.5 Å². The van der Waals surface area contributed by atoms with E-state index in [4.69, 9.17) is 0 Å². The van der Waals surface area contributed by atoms with Gasteiger partial charge in [-0.1, -0.05) is 37.3 Å². The molecule has 162 valence electrons. The lowest BCUT2D eigenvalue weighted by molar-refractivity contribution is -0.384. The molecule has 0 aliphatic rings. The van der Waals surface area contributed by atoms with Gasteiger partial charge in [-0.3, -0.25) is 19.9 Å². The number of aromatic amines is 1. The van der Waals surface area contributed by atoms with Gasteiger partial charge in [0.2, 0.25) is 5.91 Å². The van der Waals surface area contributed by atoms with Gasteiger partial charge in [0.15, 0.2) is 0 Å². The summed E-state index contributed by atoms with van der Waals surface area (Å²) >= 11 is 0. The summed E-state index contributed by atoms with van der Waals surface area (Å²) < 4.78 is 0. The maximum Gasteiger partial charge on any atom is 0.269 e. The number of carbonyl (C=O) groups is 1. The normalized spacial score (nSPS) is 11.9. The lowest BCUT2D eigenvalue weighted by Crippen LogP contribution is -2.25. The molecule has 2 N–H and O–H groups in total. The minimum atomic E-state index is -0.408. The Morgan fingerprint density at radius 2 is 1.94 bits per heavy atom. The number of rotatable bonds is 8. The molecule has 32 heavy (non-hydrogen) atoms. The van der Waals surface area contributed by atoms with Crippen LogP contribution >= 0.6 is 0 Å². The Kier molecular flexibility index (Phi) is 6.26. The van der Waals surface area contributed by atoms with Crippen LogP contribution in [-0.4, -0.2) is 20.8 Å². The number of nitrogens with zero attached hydrogens (tertiary/aromatic N) is 2. The highest BCUT2D eigenvalue weighted by Gasteiger charge is 2.23. The molecule has 1 unspecified atom stereocenters. The van der Waals surface area contributed by atoms with Crippen LogP contribution in [0.25, 0.3) is 10.9 Å². The molecule has 7 heteroatoms. The molecule has 1 atom stereocenters. The maximum absolute atomic E-state index is 12.9. The fourth-order valence-electron chi connectivity index (χ4n) is 4.04. The number of aryl methyl sites for hydroxylation is 1. The monoisotopic (exact) mass is 428 g/mol. The van der Waals surface area contributed by atoms with Gasteiger partial charge in [-0.25, -0.2) is 0 Å². The van der Waals surface area contributed by atoms with Gasteiger partial charge in [0.25, 0.3) is 5.69 Å². The first-order valence-electron chi connectivity index (χ1n) is 10.6. The van der Waals surface area contributed by atoms with Gasteiger partial charge in [-0.15, -0.1) is 0 Å². The number of H-pyrrole nitrogens is 1. The third-order valence-electron chi connectivity index (χ3n) is 5.70. The first-order valence-corrected chi connectivity index (χ1v) is 10.6. The van der Waals surface area contributed by atoms with Crippen LogP contribution in [0.5, 0.6) is 0 Å². The van der Waals surface area contributed by atoms with Gasteiger partial charge in [0.1, 0.15) is 0 Å². The van der Waals surface area contributed by atoms with E-state index in [0.29, 0.717) is 6.54 Å². The summed E-state index contributed by atoms with van der Waals surface area (Å²) in [4.78, 5) is 31.2. The van der Waals surface area contributed by atoms with Gasteiger partial charge in [0, 0.05) is 60.5 Å². The van der Waals surface area contributed by atoms with Crippen LogP contribution in [0, 0.1) is 10.1 Å². The van der Waals surface area contributed by atoms with E-state index in [1.165, 1.54) is 11.6 Å². The van der Waals surface area contributed by atoms with Crippen LogP contribution in [0.3, 0.4) is 0 Å². The predicted octanol–water partition coefficient (Wildman–Crippen LogP) is 4.87. The van der Waals surface area contributed by atoms with E-state index in [0.717, 1.165) is 34.0 Å². The molecule has 1 amide bonds. The number of aromatic nitrogens is 2. The molecule has 0 aliphatic carbocycles. The minimum absolute atomic E-state index is 0.0128. The van der Waals surface area contributed by atoms with E-state index in [1.807, 2.05) is 36.5 Å². The van der Waals surface area contributed by atoms with Crippen molar-refractivity contribution in [2.75, 3.05) is 0 Å². The number of non-ortho nitro benzene ring substituents is 1. The number of amides is 1. The number of benzene rings is 2. The molecule has 0 radical (unpaired) electrons. The third kappa shape index (κ3) is 4.51. The van der Waals surface area contributed by atoms with Crippen molar-refractivity contribution in [3.8, 4) is 0 Å². The molecule has 2 aromatic carbocycles. The summed E-state index contributed by atoms with van der Waals surface area (Å²) in [6.07, 6.45) is 6.35. The van der Waals surface area contributed by atoms with Crippen LogP contribution in [0.2, 0.25) is 0 Å². The van der Waals surface area contributed by atoms with Gasteiger partial charge in [0.05, 0.1) is 4.92 Å². The Morgan fingerprint density at radius 1 is 1.16 bits per heavy atom. The number of para-hydroxylation sites is 1. The zero-order chi connectivity index (χ0) is 22.5. The molecule has 2 aromatic heterocycles. The van der Waals surface area contributed by atoms with Crippen molar-refractivity contribution in [3.63, 3.8) is 0 Å². The highest BCUT2D eigenvalue weighted by molar-refractivity contribution is 5.88. The number of pyridine rings is 1. The lowest BCUT2D eigenvalue weighted by atomic mass is 9.87. The highest BCUT2D eigenvalue weighted by atomic mass is 16.6. The van der Waals surface area contributed by atoms with Crippen molar-refractivity contribution in [3.05, 3.63) is 106 Å². The Bertz CT molecular complexity index is 1250. The molecule has 4 rings (SSSR count). The van der Waals surface area contributed by atoms with E-state index in [-0.39, 0.29) is 23.9 Å². The summed E-state index contributed by atoms with van der Waals surface area (Å²) in [6.45, 7) is 2.50. The van der Waals surface area contributed by atoms with Crippen molar-refractivity contribution in [2.24, 2.45) is 0 Å². The van der Waals surface area contributed by atoms with Crippen LogP contribution < -0.4 is 5.32 Å². The molecule has 2 heterocycles. The highest BCUT2D eigenvalue weighted by Crippen LogP contribution is 2.35. The Balaban J connectivity index is 1.68. The zero-order valence-electron chi connectivity index (χ0n) is 17.7. The largest absolute Gasteiger partial charge is 0.361 e. The second-order valence-electron chi connectivity index (χ2n) is 7.68. The van der Waals surface area contributed by atoms with E-state index < -0.39 is 4.92 Å². The summed E-state index contributed by atoms with van der Waals surface area (Å²) in [5.74, 6) is -0.451. The first-order chi connectivity index (χ1) is 15.6. The molecule has 0 saturated carbocycles. The van der Waals surface area contributed by atoms with Crippen LogP contribution in [0.15, 0.2) is 73.2 Å². The standard InChI is InChI=1S/C25H24N4O3/c1-2-18-5-4-8-21-23(16-28-25(18)21)22(19-6-3-7-20(13-19)29(31)32)14-24(30)27-15-17-9-11-26-12-10-17/h3-13,16,22,28H,2,14-15H2,1H3,(H,27,30). The number of nitro benzene ring substituents is 1. The second-order valence-corrected chi connectivity index (χ2v) is 7.68. The number of fused-ring (bicyclic) bond motifs is 1. The number of carbonyl (C=O) groups excluding carboxylic acids is 1. The average molecular weight is 428 g/mol. The van der Waals surface area contributed by atoms with Crippen LogP contribution in [0.1, 0.15) is 41.5 Å². The maximum atomic E-state index is 12.9. The average Bonchev–Trinajstić information content (AvgIpc) is 3.26. The fraction of sp³-hybridized carbons (Fsp3) is 0.200. The zero-order valence-corrected chi connectivity index (χ0v) is 17.7. The first kappa shape index (κ1) is 21.2. The fourth-order valence-corrected chi connectivity index (χ4v) is 4.04. The SMILES string of the molecule is CCc1cccc2c(C(CC(=O)NCc3ccncc3)c3cccc([N+](=O)[O-])c3)c[nH]c12. The summed E-state index contributed by atoms with van der Waals surface area (Å²) in [7, 11) is 0. The van der Waals surface area contributed by atoms with Gasteiger partial charge in [-0.05, 0) is 40.8 Å². The van der Waals surface area contributed by atoms with Gasteiger partial charge < -0.3 is 10.3 Å². The van der Waals surface area contributed by atoms with Crippen LogP contribution in [-0.2, 0) is 17.8 Å². The Morgan fingerprint density at radius 3 is 2.69 bits per heavy atom. The summed E-state index contributed by atoms with van der Waals surface area (Å²) in [6, 6.07) is 16.3. The third-order valence-corrected chi connectivity index (χ3v) is 5.70. The van der Waals surface area contributed by atoms with Crippen molar-refractivity contribution in [1.82, 2.24) is 15.3 Å². The number of hydrogen-bond donors (Lipinski definition) is 2. The van der Waals surface area contributed by atoms with E-state index in [2.05, 4.69) is 28.3 Å². The Labute approximate surface area is 185 Å². The molecule has 0 bridgehead atoms. The molecule has 0 spiro atoms. The number of nitrogens with one attached hydrogen (secondary N) is 2. The molecule has 4 aromatic rings. The smallest absolute Gasteiger partial charge is 0.269 e. The molecule has 0 aliphatic heterocycles. The molecule has 7 nitrogen and oxygen atoms in total. The van der Waals surface area contributed by atoms with Gasteiger partial charge >= 0.3 is 0 Å². The molecular formula is C25H24N4O3. The topological polar surface area (TPSA) is 101 Å². The quantitative estimate of drug-likeness (QED) is 0.309. The van der Waals surface area contributed by atoms with Crippen LogP contribution in [0.4, 0.5) is 5.69 Å². The molecule has 0 saturated heterocycles. The summed E-state index contributed by atoms with van der Waals surface area (Å²) in [5.41, 5.74) is 4.89.